The van der Waals surface area contributed by atoms with Gasteiger partial charge >= 0.3 is 0 Å². The first kappa shape index (κ1) is 20.7. The molecule has 1 fully saturated rings. The average Bonchev–Trinajstić information content (AvgIpc) is 2.77. The summed E-state index contributed by atoms with van der Waals surface area (Å²) in [7, 11) is 0. The van der Waals surface area contributed by atoms with Crippen LogP contribution in [0.15, 0.2) is 60.7 Å². The van der Waals surface area contributed by atoms with Gasteiger partial charge in [-0.1, -0.05) is 48.5 Å². The van der Waals surface area contributed by atoms with E-state index in [4.69, 9.17) is 0 Å². The molecule has 0 radical (unpaired) electrons. The number of thioether (sulfide) groups is 1. The first-order valence-corrected chi connectivity index (χ1v) is 11.2. The molecule has 2 aromatic carbocycles. The number of benzene rings is 2. The van der Waals surface area contributed by atoms with Crippen LogP contribution in [0.25, 0.3) is 0 Å². The predicted octanol–water partition coefficient (Wildman–Crippen LogP) is 3.64. The van der Waals surface area contributed by atoms with Crippen LogP contribution < -0.4 is 10.2 Å². The van der Waals surface area contributed by atoms with Crippen molar-refractivity contribution in [1.82, 2.24) is 10.2 Å². The van der Waals surface area contributed by atoms with E-state index in [1.807, 2.05) is 25.1 Å². The van der Waals surface area contributed by atoms with Gasteiger partial charge in [0.1, 0.15) is 0 Å². The molecular weight excluding hydrogens is 366 g/mol. The number of nitrogens with zero attached hydrogens (tertiary/aromatic N) is 2. The normalized spacial score (nSPS) is 17.1. The van der Waals surface area contributed by atoms with Crippen LogP contribution >= 0.6 is 11.8 Å². The van der Waals surface area contributed by atoms with Crippen LogP contribution in [-0.2, 0) is 10.5 Å². The van der Waals surface area contributed by atoms with Crippen molar-refractivity contribution >= 4 is 23.4 Å². The van der Waals surface area contributed by atoms with Crippen molar-refractivity contribution in [3.05, 3.63) is 66.2 Å². The largest absolute Gasteiger partial charge is 0.369 e. The Labute approximate surface area is 173 Å². The number of nitrogens with one attached hydrogen (secondary N) is 1. The van der Waals surface area contributed by atoms with E-state index in [9.17, 15) is 4.79 Å². The van der Waals surface area contributed by atoms with Gasteiger partial charge in [0.05, 0.1) is 5.25 Å². The first-order chi connectivity index (χ1) is 13.6. The number of hydrogen-bond acceptors (Lipinski definition) is 4. The maximum atomic E-state index is 12.4. The van der Waals surface area contributed by atoms with Gasteiger partial charge in [0.15, 0.2) is 0 Å². The molecule has 150 valence electrons. The van der Waals surface area contributed by atoms with Crippen molar-refractivity contribution in [3.63, 3.8) is 0 Å². The number of carbonyl (C=O) groups excluding carboxylic acids is 1. The topological polar surface area (TPSA) is 35.6 Å². The molecule has 28 heavy (non-hydrogen) atoms. The Morgan fingerprint density at radius 1 is 0.964 bits per heavy atom. The van der Waals surface area contributed by atoms with E-state index >= 15 is 0 Å². The number of anilines is 1. The van der Waals surface area contributed by atoms with Crippen molar-refractivity contribution < 1.29 is 4.79 Å². The van der Waals surface area contributed by atoms with Crippen LogP contribution in [0.2, 0.25) is 0 Å². The van der Waals surface area contributed by atoms with Gasteiger partial charge < -0.3 is 10.2 Å². The lowest BCUT2D eigenvalue weighted by Gasteiger charge is -2.39. The number of para-hydroxylation sites is 1. The lowest BCUT2D eigenvalue weighted by molar-refractivity contribution is -0.120. The lowest BCUT2D eigenvalue weighted by Crippen LogP contribution is -2.52. The van der Waals surface area contributed by atoms with Gasteiger partial charge in [0, 0.05) is 50.2 Å². The Bertz CT molecular complexity index is 717. The molecule has 2 aromatic rings. The Morgan fingerprint density at radius 3 is 2.21 bits per heavy atom. The SMILES string of the molecule is CC(SCc1ccccc1)C(=O)NCC(C)N1CCN(c2ccccc2)CC1. The molecule has 5 heteroatoms. The summed E-state index contributed by atoms with van der Waals surface area (Å²) in [4.78, 5) is 17.3. The van der Waals surface area contributed by atoms with E-state index in [-0.39, 0.29) is 11.2 Å². The summed E-state index contributed by atoms with van der Waals surface area (Å²) in [5, 5.41) is 3.10. The fourth-order valence-electron chi connectivity index (χ4n) is 3.45. The molecule has 1 aliphatic rings. The van der Waals surface area contributed by atoms with Gasteiger partial charge in [-0.3, -0.25) is 9.69 Å². The molecule has 0 aliphatic carbocycles. The molecule has 1 saturated heterocycles. The summed E-state index contributed by atoms with van der Waals surface area (Å²) in [5.41, 5.74) is 2.56. The second-order valence-electron chi connectivity index (χ2n) is 7.39. The number of hydrogen-bond donors (Lipinski definition) is 1. The van der Waals surface area contributed by atoms with E-state index in [2.05, 4.69) is 64.5 Å². The van der Waals surface area contributed by atoms with E-state index < -0.39 is 0 Å². The molecule has 4 nitrogen and oxygen atoms in total. The molecule has 0 spiro atoms. The van der Waals surface area contributed by atoms with E-state index in [0.717, 1.165) is 31.9 Å². The Hall–Kier alpha value is -1.98. The smallest absolute Gasteiger partial charge is 0.232 e. The average molecular weight is 398 g/mol. The molecular formula is C23H31N3OS. The summed E-state index contributed by atoms with van der Waals surface area (Å²) < 4.78 is 0. The second-order valence-corrected chi connectivity index (χ2v) is 8.72. The molecule has 1 amide bonds. The Balaban J connectivity index is 1.36. The van der Waals surface area contributed by atoms with Gasteiger partial charge in [-0.15, -0.1) is 11.8 Å². The third-order valence-electron chi connectivity index (χ3n) is 5.34. The van der Waals surface area contributed by atoms with Crippen LogP contribution in [-0.4, -0.2) is 54.8 Å². The summed E-state index contributed by atoms with van der Waals surface area (Å²) in [6.07, 6.45) is 0. The third kappa shape index (κ3) is 6.01. The Kier molecular flexibility index (Phi) is 7.80. The highest BCUT2D eigenvalue weighted by molar-refractivity contribution is 7.99. The fraction of sp³-hybridized carbons (Fsp3) is 0.435. The van der Waals surface area contributed by atoms with Crippen molar-refractivity contribution in [2.24, 2.45) is 0 Å². The maximum absolute atomic E-state index is 12.4. The van der Waals surface area contributed by atoms with E-state index in [0.29, 0.717) is 12.6 Å². The minimum atomic E-state index is -0.0395. The van der Waals surface area contributed by atoms with Gasteiger partial charge in [0.2, 0.25) is 5.91 Å². The van der Waals surface area contributed by atoms with Gasteiger partial charge in [-0.2, -0.15) is 0 Å². The van der Waals surface area contributed by atoms with Gasteiger partial charge in [-0.05, 0) is 31.5 Å². The molecule has 1 N–H and O–H groups in total. The summed E-state index contributed by atoms with van der Waals surface area (Å²) in [5.74, 6) is 1.00. The fourth-order valence-corrected chi connectivity index (χ4v) is 4.32. The minimum Gasteiger partial charge on any atom is -0.369 e. The standard InChI is InChI=1S/C23H31N3OS/c1-19(25-13-15-26(16-14-25)22-11-7-4-8-12-22)17-24-23(27)20(2)28-18-21-9-5-3-6-10-21/h3-12,19-20H,13-18H2,1-2H3,(H,24,27). The second kappa shape index (κ2) is 10.5. The Morgan fingerprint density at radius 2 is 1.57 bits per heavy atom. The monoisotopic (exact) mass is 397 g/mol. The number of piperazine rings is 1. The van der Waals surface area contributed by atoms with Crippen LogP contribution in [0, 0.1) is 0 Å². The highest BCUT2D eigenvalue weighted by Crippen LogP contribution is 2.18. The van der Waals surface area contributed by atoms with Gasteiger partial charge in [0.25, 0.3) is 0 Å². The molecule has 0 saturated carbocycles. The maximum Gasteiger partial charge on any atom is 0.232 e. The van der Waals surface area contributed by atoms with Crippen LogP contribution in [0.3, 0.4) is 0 Å². The number of carbonyl (C=O) groups is 1. The summed E-state index contributed by atoms with van der Waals surface area (Å²) in [6.45, 7) is 9.04. The van der Waals surface area contributed by atoms with Crippen molar-refractivity contribution in [3.8, 4) is 0 Å². The van der Waals surface area contributed by atoms with Crippen molar-refractivity contribution in [2.45, 2.75) is 30.9 Å². The highest BCUT2D eigenvalue weighted by atomic mass is 32.2. The quantitative estimate of drug-likeness (QED) is 0.738. The van der Waals surface area contributed by atoms with Crippen LogP contribution in [0.5, 0.6) is 0 Å². The molecule has 2 atom stereocenters. The molecule has 0 aromatic heterocycles. The number of rotatable bonds is 8. The van der Waals surface area contributed by atoms with Crippen molar-refractivity contribution in [2.75, 3.05) is 37.6 Å². The zero-order chi connectivity index (χ0) is 19.8. The summed E-state index contributed by atoms with van der Waals surface area (Å²) in [6, 6.07) is 21.3. The van der Waals surface area contributed by atoms with E-state index in [1.165, 1.54) is 11.3 Å². The molecule has 2 unspecified atom stereocenters. The molecule has 1 aliphatic heterocycles. The third-order valence-corrected chi connectivity index (χ3v) is 6.56. The zero-order valence-electron chi connectivity index (χ0n) is 16.9. The first-order valence-electron chi connectivity index (χ1n) is 10.1. The van der Waals surface area contributed by atoms with Gasteiger partial charge in [-0.25, -0.2) is 0 Å². The van der Waals surface area contributed by atoms with E-state index in [1.54, 1.807) is 11.8 Å². The minimum absolute atomic E-state index is 0.0395. The molecule has 0 bridgehead atoms. The number of amides is 1. The summed E-state index contributed by atoms with van der Waals surface area (Å²) >= 11 is 1.69. The zero-order valence-corrected chi connectivity index (χ0v) is 17.7. The lowest BCUT2D eigenvalue weighted by atomic mass is 10.2. The van der Waals surface area contributed by atoms with Crippen molar-refractivity contribution in [1.29, 1.82) is 0 Å². The highest BCUT2D eigenvalue weighted by Gasteiger charge is 2.22. The van der Waals surface area contributed by atoms with Crippen LogP contribution in [0.4, 0.5) is 5.69 Å². The van der Waals surface area contributed by atoms with Crippen LogP contribution in [0.1, 0.15) is 19.4 Å². The molecule has 1 heterocycles. The molecule has 3 rings (SSSR count). The predicted molar refractivity (Wildman–Crippen MR) is 120 cm³/mol.